The zero-order valence-electron chi connectivity index (χ0n) is 18.1. The number of para-hydroxylation sites is 1. The van der Waals surface area contributed by atoms with E-state index in [2.05, 4.69) is 28.8 Å². The van der Waals surface area contributed by atoms with Crippen LogP contribution in [-0.2, 0) is 28.0 Å². The minimum absolute atomic E-state index is 0.215. The Kier molecular flexibility index (Phi) is 5.12. The first-order valence-corrected chi connectivity index (χ1v) is 11.3. The van der Waals surface area contributed by atoms with Crippen LogP contribution in [0, 0.1) is 0 Å². The molecule has 0 bridgehead atoms. The van der Waals surface area contributed by atoms with Crippen LogP contribution in [0.1, 0.15) is 54.5 Å². The number of ether oxygens (including phenoxy) is 1. The van der Waals surface area contributed by atoms with Gasteiger partial charge in [0.1, 0.15) is 12.3 Å². The summed E-state index contributed by atoms with van der Waals surface area (Å²) in [7, 11) is 0. The Morgan fingerprint density at radius 2 is 1.94 bits per heavy atom. The lowest BCUT2D eigenvalue weighted by atomic mass is 9.84. The number of carbonyl (C=O) groups is 3. The molecule has 2 N–H and O–H groups in total. The smallest absolute Gasteiger partial charge is 0.325 e. The molecule has 7 nitrogen and oxygen atoms in total. The van der Waals surface area contributed by atoms with Gasteiger partial charge < -0.3 is 15.4 Å². The topological polar surface area (TPSA) is 87.7 Å². The Balaban J connectivity index is 1.29. The molecule has 7 heteroatoms. The number of aryl methyl sites for hydroxylation is 2. The molecule has 4 amide bonds. The third-order valence-electron chi connectivity index (χ3n) is 6.81. The molecular formula is C25H27N3O4. The fraction of sp³-hybridized carbons (Fsp3) is 0.400. The van der Waals surface area contributed by atoms with Gasteiger partial charge in [0.15, 0.2) is 5.54 Å². The number of carbonyl (C=O) groups excluding carboxylic acids is 3. The molecule has 2 atom stereocenters. The summed E-state index contributed by atoms with van der Waals surface area (Å²) in [6.45, 7) is 1.92. The summed E-state index contributed by atoms with van der Waals surface area (Å²) in [6, 6.07) is 12.8. The van der Waals surface area contributed by atoms with Crippen LogP contribution in [0.4, 0.5) is 4.79 Å². The summed E-state index contributed by atoms with van der Waals surface area (Å²) in [5.41, 5.74) is 3.24. The van der Waals surface area contributed by atoms with E-state index in [-0.39, 0.29) is 18.5 Å². The highest BCUT2D eigenvalue weighted by Gasteiger charge is 2.55. The molecule has 32 heavy (non-hydrogen) atoms. The standard InChI is InChI=1S/C25H27N3O4/c1-16(18-11-10-17-6-2-3-7-19(17)14-18)26-22(29)15-28-23(30)25(27-24(28)31)12-13-32-21-9-5-4-8-20(21)25/h4-5,8-11,14,16H,2-3,6-7,12-13,15H2,1H3,(H,26,29)(H,27,31)/t16-,25-/m1/s1. The normalized spacial score (nSPS) is 22.6. The number of benzene rings is 2. The fourth-order valence-electron chi connectivity index (χ4n) is 5.05. The molecule has 2 aromatic rings. The van der Waals surface area contributed by atoms with Gasteiger partial charge in [0.05, 0.1) is 12.6 Å². The molecule has 0 radical (unpaired) electrons. The van der Waals surface area contributed by atoms with E-state index < -0.39 is 17.5 Å². The third-order valence-corrected chi connectivity index (χ3v) is 6.81. The monoisotopic (exact) mass is 433 g/mol. The number of amides is 4. The van der Waals surface area contributed by atoms with Crippen LogP contribution in [-0.4, -0.2) is 35.9 Å². The Morgan fingerprint density at radius 3 is 2.78 bits per heavy atom. The maximum absolute atomic E-state index is 13.3. The highest BCUT2D eigenvalue weighted by atomic mass is 16.5. The van der Waals surface area contributed by atoms with Crippen molar-refractivity contribution in [2.45, 2.75) is 50.6 Å². The average molecular weight is 434 g/mol. The lowest BCUT2D eigenvalue weighted by Gasteiger charge is -2.33. The second-order valence-electron chi connectivity index (χ2n) is 8.85. The SMILES string of the molecule is C[C@@H](NC(=O)CN1C(=O)N[C@@]2(CCOc3ccccc32)C1=O)c1ccc2c(c1)CCCC2. The van der Waals surface area contributed by atoms with E-state index >= 15 is 0 Å². The van der Waals surface area contributed by atoms with Gasteiger partial charge in [-0.2, -0.15) is 0 Å². The fourth-order valence-corrected chi connectivity index (χ4v) is 5.05. The summed E-state index contributed by atoms with van der Waals surface area (Å²) >= 11 is 0. The van der Waals surface area contributed by atoms with Gasteiger partial charge in [-0.1, -0.05) is 36.4 Å². The largest absolute Gasteiger partial charge is 0.493 e. The molecule has 1 fully saturated rings. The first kappa shape index (κ1) is 20.5. The van der Waals surface area contributed by atoms with Gasteiger partial charge in [0.25, 0.3) is 5.91 Å². The van der Waals surface area contributed by atoms with Crippen molar-refractivity contribution in [3.63, 3.8) is 0 Å². The Hall–Kier alpha value is -3.35. The minimum Gasteiger partial charge on any atom is -0.493 e. The predicted molar refractivity (Wildman–Crippen MR) is 118 cm³/mol. The zero-order valence-corrected chi connectivity index (χ0v) is 18.1. The highest BCUT2D eigenvalue weighted by molar-refractivity contribution is 6.09. The Morgan fingerprint density at radius 1 is 1.16 bits per heavy atom. The number of rotatable bonds is 4. The van der Waals surface area contributed by atoms with Crippen LogP contribution >= 0.6 is 0 Å². The van der Waals surface area contributed by atoms with Gasteiger partial charge >= 0.3 is 6.03 Å². The van der Waals surface area contributed by atoms with E-state index in [1.807, 2.05) is 19.1 Å². The van der Waals surface area contributed by atoms with Gasteiger partial charge in [0, 0.05) is 12.0 Å². The van der Waals surface area contributed by atoms with Gasteiger partial charge in [0.2, 0.25) is 5.91 Å². The molecule has 166 valence electrons. The first-order chi connectivity index (χ1) is 15.5. The van der Waals surface area contributed by atoms with E-state index in [1.54, 1.807) is 12.1 Å². The van der Waals surface area contributed by atoms with E-state index in [4.69, 9.17) is 4.74 Å². The molecule has 1 spiro atoms. The summed E-state index contributed by atoms with van der Waals surface area (Å²) in [5.74, 6) is -0.189. The van der Waals surface area contributed by atoms with Crippen LogP contribution in [0.15, 0.2) is 42.5 Å². The Labute approximate surface area is 187 Å². The van der Waals surface area contributed by atoms with Crippen molar-refractivity contribution in [2.75, 3.05) is 13.2 Å². The van der Waals surface area contributed by atoms with Crippen LogP contribution in [0.3, 0.4) is 0 Å². The summed E-state index contributed by atoms with van der Waals surface area (Å²) in [4.78, 5) is 39.8. The van der Waals surface area contributed by atoms with Gasteiger partial charge in [-0.15, -0.1) is 0 Å². The van der Waals surface area contributed by atoms with Crippen molar-refractivity contribution in [2.24, 2.45) is 0 Å². The van der Waals surface area contributed by atoms with E-state index in [0.29, 0.717) is 24.3 Å². The number of nitrogens with zero attached hydrogens (tertiary/aromatic N) is 1. The van der Waals surface area contributed by atoms with E-state index in [1.165, 1.54) is 24.0 Å². The quantitative estimate of drug-likeness (QED) is 0.726. The van der Waals surface area contributed by atoms with Gasteiger partial charge in [-0.05, 0) is 55.4 Å². The van der Waals surface area contributed by atoms with Crippen molar-refractivity contribution in [3.8, 4) is 5.75 Å². The van der Waals surface area contributed by atoms with Crippen molar-refractivity contribution in [1.29, 1.82) is 0 Å². The highest BCUT2D eigenvalue weighted by Crippen LogP contribution is 2.40. The van der Waals surface area contributed by atoms with Gasteiger partial charge in [-0.3, -0.25) is 14.5 Å². The van der Waals surface area contributed by atoms with Crippen LogP contribution in [0.5, 0.6) is 5.75 Å². The molecule has 3 aliphatic rings. The number of fused-ring (bicyclic) bond motifs is 3. The minimum atomic E-state index is -1.17. The molecule has 2 aliphatic heterocycles. The molecule has 0 aromatic heterocycles. The van der Waals surface area contributed by atoms with Crippen LogP contribution in [0.2, 0.25) is 0 Å². The number of hydrogen-bond donors (Lipinski definition) is 2. The maximum atomic E-state index is 13.3. The molecular weight excluding hydrogens is 406 g/mol. The van der Waals surface area contributed by atoms with Crippen molar-refractivity contribution in [3.05, 3.63) is 64.7 Å². The summed E-state index contributed by atoms with van der Waals surface area (Å²) in [5, 5.41) is 5.77. The average Bonchev–Trinajstić information content (AvgIpc) is 3.03. The maximum Gasteiger partial charge on any atom is 0.325 e. The number of urea groups is 1. The molecule has 1 saturated heterocycles. The van der Waals surface area contributed by atoms with Crippen molar-refractivity contribution in [1.82, 2.24) is 15.5 Å². The zero-order chi connectivity index (χ0) is 22.3. The van der Waals surface area contributed by atoms with Crippen molar-refractivity contribution < 1.29 is 19.1 Å². The van der Waals surface area contributed by atoms with E-state index in [0.717, 1.165) is 23.3 Å². The number of hydrogen-bond acceptors (Lipinski definition) is 4. The molecule has 2 heterocycles. The van der Waals surface area contributed by atoms with Crippen molar-refractivity contribution >= 4 is 17.8 Å². The van der Waals surface area contributed by atoms with E-state index in [9.17, 15) is 14.4 Å². The lowest BCUT2D eigenvalue weighted by molar-refractivity contribution is -0.136. The summed E-state index contributed by atoms with van der Waals surface area (Å²) < 4.78 is 5.65. The van der Waals surface area contributed by atoms with Crippen LogP contribution < -0.4 is 15.4 Å². The Bertz CT molecular complexity index is 1100. The molecule has 1 aliphatic carbocycles. The summed E-state index contributed by atoms with van der Waals surface area (Å²) in [6.07, 6.45) is 4.93. The molecule has 5 rings (SSSR count). The second-order valence-corrected chi connectivity index (χ2v) is 8.85. The second kappa shape index (κ2) is 7.97. The molecule has 0 saturated carbocycles. The number of imide groups is 1. The van der Waals surface area contributed by atoms with Gasteiger partial charge in [-0.25, -0.2) is 4.79 Å². The lowest BCUT2D eigenvalue weighted by Crippen LogP contribution is -2.48. The number of nitrogens with one attached hydrogen (secondary N) is 2. The van der Waals surface area contributed by atoms with Crippen LogP contribution in [0.25, 0.3) is 0 Å². The first-order valence-electron chi connectivity index (χ1n) is 11.3. The molecule has 2 aromatic carbocycles. The predicted octanol–water partition coefficient (Wildman–Crippen LogP) is 2.97. The third kappa shape index (κ3) is 3.42. The molecule has 0 unspecified atom stereocenters.